The normalized spacial score (nSPS) is 10.4. The maximum Gasteiger partial charge on any atom is 0.131 e. The van der Waals surface area contributed by atoms with E-state index in [1.807, 2.05) is 36.4 Å². The summed E-state index contributed by atoms with van der Waals surface area (Å²) in [7, 11) is 0. The van der Waals surface area contributed by atoms with Gasteiger partial charge < -0.3 is 9.47 Å². The van der Waals surface area contributed by atoms with Crippen molar-refractivity contribution >= 4 is 22.9 Å². The molecule has 3 rings (SSSR count). The molecular weight excluding hydrogens is 316 g/mol. The Kier molecular flexibility index (Phi) is 4.99. The van der Waals surface area contributed by atoms with Gasteiger partial charge in [0.25, 0.3) is 0 Å². The van der Waals surface area contributed by atoms with Crippen LogP contribution >= 0.6 is 22.9 Å². The predicted molar refractivity (Wildman–Crippen MR) is 91.5 cm³/mol. The molecule has 1 aromatic heterocycles. The third-order valence-electron chi connectivity index (χ3n) is 3.05. The van der Waals surface area contributed by atoms with Gasteiger partial charge in [0.15, 0.2) is 0 Å². The quantitative estimate of drug-likeness (QED) is 0.567. The van der Waals surface area contributed by atoms with Gasteiger partial charge in [-0.25, -0.2) is 0 Å². The van der Waals surface area contributed by atoms with Crippen LogP contribution in [0.2, 0.25) is 5.02 Å². The molecule has 0 bridgehead atoms. The third kappa shape index (κ3) is 4.26. The number of halogens is 1. The summed E-state index contributed by atoms with van der Waals surface area (Å²) < 4.78 is 11.6. The standard InChI is InChI=1S/C18H15ClO2S/c19-14-6-8-15(9-7-14)21-17-4-1-3-16(13-17)20-11-10-18-5-2-12-22-18/h1-9,12-13H,10-11H2. The SMILES string of the molecule is Clc1ccc(Oc2cccc(OCCc3cccs3)c2)cc1. The van der Waals surface area contributed by atoms with E-state index in [-0.39, 0.29) is 0 Å². The molecule has 0 saturated carbocycles. The lowest BCUT2D eigenvalue weighted by atomic mass is 10.3. The average Bonchev–Trinajstić information content (AvgIpc) is 3.03. The summed E-state index contributed by atoms with van der Waals surface area (Å²) in [4.78, 5) is 1.33. The second-order valence-corrected chi connectivity index (χ2v) is 6.18. The Morgan fingerprint density at radius 1 is 0.864 bits per heavy atom. The molecular formula is C18H15ClO2S. The number of thiophene rings is 1. The number of ether oxygens (including phenoxy) is 2. The minimum atomic E-state index is 0.658. The van der Waals surface area contributed by atoms with Gasteiger partial charge in [0, 0.05) is 22.4 Å². The molecule has 0 spiro atoms. The summed E-state index contributed by atoms with van der Waals surface area (Å²) in [5.41, 5.74) is 0. The van der Waals surface area contributed by atoms with Crippen molar-refractivity contribution in [3.8, 4) is 17.2 Å². The minimum absolute atomic E-state index is 0.658. The van der Waals surface area contributed by atoms with E-state index in [0.29, 0.717) is 11.6 Å². The molecule has 0 aliphatic heterocycles. The molecule has 0 aliphatic carbocycles. The molecule has 0 amide bonds. The van der Waals surface area contributed by atoms with Gasteiger partial charge in [-0.05, 0) is 47.8 Å². The van der Waals surface area contributed by atoms with Crippen LogP contribution in [-0.4, -0.2) is 6.61 Å². The van der Waals surface area contributed by atoms with Gasteiger partial charge in [0.1, 0.15) is 17.2 Å². The number of rotatable bonds is 6. The lowest BCUT2D eigenvalue weighted by molar-refractivity contribution is 0.321. The van der Waals surface area contributed by atoms with E-state index in [1.54, 1.807) is 23.5 Å². The zero-order chi connectivity index (χ0) is 15.2. The van der Waals surface area contributed by atoms with Crippen molar-refractivity contribution in [3.05, 3.63) is 75.9 Å². The van der Waals surface area contributed by atoms with Crippen LogP contribution in [0.15, 0.2) is 66.0 Å². The van der Waals surface area contributed by atoms with Gasteiger partial charge in [0.2, 0.25) is 0 Å². The van der Waals surface area contributed by atoms with Crippen LogP contribution in [0.5, 0.6) is 17.2 Å². The van der Waals surface area contributed by atoms with E-state index >= 15 is 0 Å². The van der Waals surface area contributed by atoms with E-state index in [2.05, 4.69) is 17.5 Å². The second-order valence-electron chi connectivity index (χ2n) is 4.71. The number of hydrogen-bond donors (Lipinski definition) is 0. The molecule has 2 nitrogen and oxygen atoms in total. The molecule has 1 heterocycles. The van der Waals surface area contributed by atoms with Gasteiger partial charge in [0.05, 0.1) is 6.61 Å². The molecule has 0 radical (unpaired) electrons. The summed E-state index contributed by atoms with van der Waals surface area (Å²) in [6.45, 7) is 0.658. The Morgan fingerprint density at radius 2 is 1.68 bits per heavy atom. The van der Waals surface area contributed by atoms with Gasteiger partial charge in [-0.15, -0.1) is 11.3 Å². The fraction of sp³-hybridized carbons (Fsp3) is 0.111. The van der Waals surface area contributed by atoms with E-state index in [1.165, 1.54) is 4.88 Å². The fourth-order valence-corrected chi connectivity index (χ4v) is 2.81. The predicted octanol–water partition coefficient (Wildman–Crippen LogP) is 5.82. The van der Waals surface area contributed by atoms with Crippen molar-refractivity contribution in [3.63, 3.8) is 0 Å². The van der Waals surface area contributed by atoms with Crippen LogP contribution in [0.25, 0.3) is 0 Å². The largest absolute Gasteiger partial charge is 0.493 e. The number of hydrogen-bond acceptors (Lipinski definition) is 3. The Morgan fingerprint density at radius 3 is 2.45 bits per heavy atom. The van der Waals surface area contributed by atoms with Crippen molar-refractivity contribution < 1.29 is 9.47 Å². The maximum absolute atomic E-state index is 5.86. The highest BCUT2D eigenvalue weighted by Gasteiger charge is 2.01. The highest BCUT2D eigenvalue weighted by Crippen LogP contribution is 2.26. The number of benzene rings is 2. The van der Waals surface area contributed by atoms with Crippen molar-refractivity contribution in [2.45, 2.75) is 6.42 Å². The van der Waals surface area contributed by atoms with Gasteiger partial charge in [-0.3, -0.25) is 0 Å². The molecule has 112 valence electrons. The first-order chi connectivity index (χ1) is 10.8. The first kappa shape index (κ1) is 14.9. The third-order valence-corrected chi connectivity index (χ3v) is 4.24. The monoisotopic (exact) mass is 330 g/mol. The molecule has 3 aromatic rings. The molecule has 0 unspecified atom stereocenters. The van der Waals surface area contributed by atoms with E-state index < -0.39 is 0 Å². The second kappa shape index (κ2) is 7.34. The Labute approximate surface area is 138 Å². The minimum Gasteiger partial charge on any atom is -0.493 e. The molecule has 22 heavy (non-hydrogen) atoms. The molecule has 0 aliphatic rings. The summed E-state index contributed by atoms with van der Waals surface area (Å²) in [5.74, 6) is 2.30. The molecule has 0 saturated heterocycles. The first-order valence-electron chi connectivity index (χ1n) is 6.98. The molecule has 2 aromatic carbocycles. The maximum atomic E-state index is 5.86. The van der Waals surface area contributed by atoms with E-state index in [9.17, 15) is 0 Å². The van der Waals surface area contributed by atoms with Crippen molar-refractivity contribution in [1.29, 1.82) is 0 Å². The lowest BCUT2D eigenvalue weighted by Crippen LogP contribution is -2.00. The highest BCUT2D eigenvalue weighted by atomic mass is 35.5. The van der Waals surface area contributed by atoms with Crippen LogP contribution in [-0.2, 0) is 6.42 Å². The van der Waals surface area contributed by atoms with E-state index in [0.717, 1.165) is 23.7 Å². The summed E-state index contributed by atoms with van der Waals surface area (Å²) >= 11 is 7.61. The average molecular weight is 331 g/mol. The van der Waals surface area contributed by atoms with Crippen molar-refractivity contribution in [1.82, 2.24) is 0 Å². The van der Waals surface area contributed by atoms with Crippen LogP contribution < -0.4 is 9.47 Å². The highest BCUT2D eigenvalue weighted by molar-refractivity contribution is 7.09. The zero-order valence-electron chi connectivity index (χ0n) is 11.9. The fourth-order valence-electron chi connectivity index (χ4n) is 1.99. The summed E-state index contributed by atoms with van der Waals surface area (Å²) in [5, 5.41) is 2.77. The van der Waals surface area contributed by atoms with Gasteiger partial charge in [-0.2, -0.15) is 0 Å². The summed E-state index contributed by atoms with van der Waals surface area (Å²) in [6.07, 6.45) is 0.917. The first-order valence-corrected chi connectivity index (χ1v) is 8.24. The van der Waals surface area contributed by atoms with Crippen LogP contribution in [0.1, 0.15) is 4.88 Å². The molecule has 0 fully saturated rings. The zero-order valence-corrected chi connectivity index (χ0v) is 13.4. The van der Waals surface area contributed by atoms with Crippen molar-refractivity contribution in [2.24, 2.45) is 0 Å². The van der Waals surface area contributed by atoms with Crippen molar-refractivity contribution in [2.75, 3.05) is 6.61 Å². The molecule has 0 atom stereocenters. The van der Waals surface area contributed by atoms with E-state index in [4.69, 9.17) is 21.1 Å². The lowest BCUT2D eigenvalue weighted by Gasteiger charge is -2.09. The van der Waals surface area contributed by atoms with Crippen LogP contribution in [0.4, 0.5) is 0 Å². The Hall–Kier alpha value is -1.97. The summed E-state index contributed by atoms with van der Waals surface area (Å²) in [6, 6.07) is 19.1. The smallest absolute Gasteiger partial charge is 0.131 e. The van der Waals surface area contributed by atoms with Gasteiger partial charge in [-0.1, -0.05) is 23.7 Å². The molecule has 0 N–H and O–H groups in total. The van der Waals surface area contributed by atoms with Crippen LogP contribution in [0.3, 0.4) is 0 Å². The molecule has 4 heteroatoms. The topological polar surface area (TPSA) is 18.5 Å². The van der Waals surface area contributed by atoms with Crippen LogP contribution in [0, 0.1) is 0 Å². The Balaban J connectivity index is 1.58. The van der Waals surface area contributed by atoms with Gasteiger partial charge >= 0.3 is 0 Å². The Bertz CT molecular complexity index is 708.